The minimum atomic E-state index is -0.831. The number of amides is 1. The van der Waals surface area contributed by atoms with Crippen molar-refractivity contribution in [3.63, 3.8) is 0 Å². The molecule has 2 rings (SSSR count). The van der Waals surface area contributed by atoms with Crippen molar-refractivity contribution in [3.8, 4) is 10.7 Å². The van der Waals surface area contributed by atoms with Crippen LogP contribution in [-0.4, -0.2) is 46.9 Å². The first kappa shape index (κ1) is 16.1. The predicted molar refractivity (Wildman–Crippen MR) is 83.7 cm³/mol. The minimum absolute atomic E-state index is 0.263. The van der Waals surface area contributed by atoms with Gasteiger partial charge in [0.25, 0.3) is 5.91 Å². The molecule has 0 spiro atoms. The topological polar surface area (TPSA) is 72.4 Å². The Balaban J connectivity index is 2.18. The van der Waals surface area contributed by atoms with Gasteiger partial charge < -0.3 is 9.64 Å². The van der Waals surface area contributed by atoms with Crippen LogP contribution in [-0.2, 0) is 9.53 Å². The second-order valence-corrected chi connectivity index (χ2v) is 5.93. The number of pyridine rings is 1. The van der Waals surface area contributed by atoms with Gasteiger partial charge in [-0.1, -0.05) is 6.07 Å². The molecule has 0 bridgehead atoms. The molecule has 0 unspecified atom stereocenters. The summed E-state index contributed by atoms with van der Waals surface area (Å²) in [5, 5.41) is 0.650. The van der Waals surface area contributed by atoms with E-state index in [-0.39, 0.29) is 5.91 Å². The molecule has 0 aliphatic heterocycles. The number of carbonyl (C=O) groups excluding carboxylic acids is 2. The molecule has 0 N–H and O–H groups in total. The van der Waals surface area contributed by atoms with Crippen molar-refractivity contribution in [2.24, 2.45) is 0 Å². The molecule has 6 nitrogen and oxygen atoms in total. The molecule has 2 aromatic heterocycles. The van der Waals surface area contributed by atoms with Crippen molar-refractivity contribution in [2.45, 2.75) is 20.0 Å². The lowest BCUT2D eigenvalue weighted by Gasteiger charge is -2.16. The van der Waals surface area contributed by atoms with Crippen molar-refractivity contribution in [2.75, 3.05) is 14.1 Å². The van der Waals surface area contributed by atoms with E-state index in [9.17, 15) is 9.59 Å². The molecule has 0 saturated heterocycles. The summed E-state index contributed by atoms with van der Waals surface area (Å²) in [5.74, 6) is -0.805. The van der Waals surface area contributed by atoms with E-state index in [0.717, 1.165) is 0 Å². The fourth-order valence-electron chi connectivity index (χ4n) is 1.81. The number of aromatic nitrogens is 2. The van der Waals surface area contributed by atoms with E-state index in [0.29, 0.717) is 21.3 Å². The molecule has 0 aliphatic carbocycles. The fourth-order valence-corrected chi connectivity index (χ4v) is 2.74. The summed E-state index contributed by atoms with van der Waals surface area (Å²) in [4.78, 5) is 34.3. The lowest BCUT2D eigenvalue weighted by Crippen LogP contribution is -2.34. The van der Waals surface area contributed by atoms with E-state index in [1.165, 1.54) is 16.2 Å². The number of esters is 1. The largest absolute Gasteiger partial charge is 0.448 e. The van der Waals surface area contributed by atoms with Crippen LogP contribution in [0.25, 0.3) is 10.7 Å². The Labute approximate surface area is 132 Å². The van der Waals surface area contributed by atoms with Gasteiger partial charge in [-0.15, -0.1) is 11.3 Å². The summed E-state index contributed by atoms with van der Waals surface area (Å²) in [6, 6.07) is 5.49. The highest BCUT2D eigenvalue weighted by Crippen LogP contribution is 2.27. The number of ether oxygens (including phenoxy) is 1. The van der Waals surface area contributed by atoms with Crippen molar-refractivity contribution in [1.82, 2.24) is 14.9 Å². The summed E-state index contributed by atoms with van der Waals surface area (Å²) in [6.45, 7) is 3.29. The average molecular weight is 319 g/mol. The Morgan fingerprint density at radius 2 is 2.05 bits per heavy atom. The molecule has 22 heavy (non-hydrogen) atoms. The molecular formula is C15H17N3O3S. The minimum Gasteiger partial charge on any atom is -0.448 e. The third kappa shape index (κ3) is 3.48. The van der Waals surface area contributed by atoms with Crippen LogP contribution in [0.1, 0.15) is 22.3 Å². The van der Waals surface area contributed by atoms with Gasteiger partial charge in [0.15, 0.2) is 6.10 Å². The predicted octanol–water partition coefficient (Wildman–Crippen LogP) is 2.15. The molecule has 0 saturated carbocycles. The van der Waals surface area contributed by atoms with Gasteiger partial charge in [-0.05, 0) is 26.0 Å². The van der Waals surface area contributed by atoms with Crippen LogP contribution in [0.4, 0.5) is 0 Å². The molecule has 2 aromatic rings. The highest BCUT2D eigenvalue weighted by Gasteiger charge is 2.24. The summed E-state index contributed by atoms with van der Waals surface area (Å²) in [5.41, 5.74) is 1.27. The fraction of sp³-hybridized carbons (Fsp3) is 0.333. The molecule has 2 heterocycles. The number of aryl methyl sites for hydroxylation is 1. The Morgan fingerprint density at radius 1 is 1.32 bits per heavy atom. The lowest BCUT2D eigenvalue weighted by atomic mass is 10.3. The van der Waals surface area contributed by atoms with Crippen molar-refractivity contribution in [3.05, 3.63) is 35.0 Å². The summed E-state index contributed by atoms with van der Waals surface area (Å²) in [7, 11) is 3.23. The summed E-state index contributed by atoms with van der Waals surface area (Å²) >= 11 is 1.21. The molecular weight excluding hydrogens is 302 g/mol. The number of nitrogens with zero attached hydrogens (tertiary/aromatic N) is 3. The Bertz CT molecular complexity index is 683. The van der Waals surface area contributed by atoms with Crippen LogP contribution in [0.2, 0.25) is 0 Å². The van der Waals surface area contributed by atoms with Gasteiger partial charge in [0.05, 0.1) is 11.4 Å². The SMILES string of the molecule is Cc1nc(-c2ccccn2)sc1C(=O)O[C@@H](C)C(=O)N(C)C. The maximum absolute atomic E-state index is 12.2. The van der Waals surface area contributed by atoms with Gasteiger partial charge >= 0.3 is 5.97 Å². The molecule has 0 radical (unpaired) electrons. The van der Waals surface area contributed by atoms with Crippen LogP contribution in [0, 0.1) is 6.92 Å². The average Bonchev–Trinajstić information content (AvgIpc) is 2.89. The number of hydrogen-bond acceptors (Lipinski definition) is 6. The first-order valence-electron chi connectivity index (χ1n) is 6.71. The monoisotopic (exact) mass is 319 g/mol. The number of rotatable bonds is 4. The number of carbonyl (C=O) groups is 2. The number of likely N-dealkylation sites (N-methyl/N-ethyl adjacent to an activating group) is 1. The Hall–Kier alpha value is -2.28. The van der Waals surface area contributed by atoms with E-state index in [1.54, 1.807) is 34.1 Å². The van der Waals surface area contributed by atoms with Crippen molar-refractivity contribution in [1.29, 1.82) is 0 Å². The smallest absolute Gasteiger partial charge is 0.351 e. The maximum Gasteiger partial charge on any atom is 0.351 e. The summed E-state index contributed by atoms with van der Waals surface area (Å²) < 4.78 is 5.21. The molecule has 0 aliphatic rings. The van der Waals surface area contributed by atoms with Gasteiger partial charge in [0.2, 0.25) is 0 Å². The first-order chi connectivity index (χ1) is 10.4. The normalized spacial score (nSPS) is 11.8. The summed E-state index contributed by atoms with van der Waals surface area (Å²) in [6.07, 6.45) is 0.837. The third-order valence-corrected chi connectivity index (χ3v) is 4.10. The standard InChI is InChI=1S/C15H17N3O3S/c1-9-12(15(20)21-10(2)14(19)18(3)4)22-13(17-9)11-7-5-6-8-16-11/h5-8,10H,1-4H3/t10-/m0/s1. The van der Waals surface area contributed by atoms with E-state index >= 15 is 0 Å². The van der Waals surface area contributed by atoms with Gasteiger partial charge in [-0.25, -0.2) is 9.78 Å². The van der Waals surface area contributed by atoms with Crippen LogP contribution < -0.4 is 0 Å². The maximum atomic E-state index is 12.2. The van der Waals surface area contributed by atoms with Crippen LogP contribution in [0.3, 0.4) is 0 Å². The molecule has 1 amide bonds. The zero-order chi connectivity index (χ0) is 16.3. The van der Waals surface area contributed by atoms with Crippen LogP contribution in [0.15, 0.2) is 24.4 Å². The van der Waals surface area contributed by atoms with Gasteiger partial charge in [-0.2, -0.15) is 0 Å². The van der Waals surface area contributed by atoms with Gasteiger partial charge in [0.1, 0.15) is 9.88 Å². The molecule has 1 atom stereocenters. The van der Waals surface area contributed by atoms with E-state index in [1.807, 2.05) is 18.2 Å². The zero-order valence-electron chi connectivity index (χ0n) is 12.9. The van der Waals surface area contributed by atoms with E-state index in [4.69, 9.17) is 4.74 Å². The highest BCUT2D eigenvalue weighted by atomic mass is 32.1. The van der Waals surface area contributed by atoms with Crippen molar-refractivity contribution < 1.29 is 14.3 Å². The Morgan fingerprint density at radius 3 is 2.64 bits per heavy atom. The molecule has 0 aromatic carbocycles. The van der Waals surface area contributed by atoms with E-state index < -0.39 is 12.1 Å². The third-order valence-electron chi connectivity index (χ3n) is 2.94. The first-order valence-corrected chi connectivity index (χ1v) is 7.52. The molecule has 116 valence electrons. The molecule has 0 fully saturated rings. The second-order valence-electron chi connectivity index (χ2n) is 4.93. The quantitative estimate of drug-likeness (QED) is 0.807. The van der Waals surface area contributed by atoms with Gasteiger partial charge in [0, 0.05) is 20.3 Å². The zero-order valence-corrected chi connectivity index (χ0v) is 13.7. The van der Waals surface area contributed by atoms with Gasteiger partial charge in [-0.3, -0.25) is 9.78 Å². The number of hydrogen-bond donors (Lipinski definition) is 0. The Kier molecular flexibility index (Phi) is 4.87. The number of thiazole rings is 1. The van der Waals surface area contributed by atoms with Crippen molar-refractivity contribution >= 4 is 23.2 Å². The lowest BCUT2D eigenvalue weighted by molar-refractivity contribution is -0.137. The molecule has 7 heteroatoms. The second kappa shape index (κ2) is 6.65. The van der Waals surface area contributed by atoms with E-state index in [2.05, 4.69) is 9.97 Å². The van der Waals surface area contributed by atoms with Crippen LogP contribution in [0.5, 0.6) is 0 Å². The highest BCUT2D eigenvalue weighted by molar-refractivity contribution is 7.17. The van der Waals surface area contributed by atoms with Crippen LogP contribution >= 0.6 is 11.3 Å².